The van der Waals surface area contributed by atoms with E-state index in [1.165, 1.54) is 22.0 Å². The van der Waals surface area contributed by atoms with Crippen LogP contribution in [0.3, 0.4) is 0 Å². The molecule has 1 atom stereocenters. The molecule has 0 bridgehead atoms. The molecule has 1 unspecified atom stereocenters. The van der Waals surface area contributed by atoms with Crippen LogP contribution in [0.5, 0.6) is 5.75 Å². The zero-order chi connectivity index (χ0) is 11.5. The first-order valence-electron chi connectivity index (χ1n) is 5.22. The molecule has 2 heteroatoms. The highest BCUT2D eigenvalue weighted by Crippen LogP contribution is 2.32. The third-order valence-electron chi connectivity index (χ3n) is 2.68. The van der Waals surface area contributed by atoms with E-state index in [1.54, 1.807) is 7.11 Å². The molecule has 82 valence electrons. The van der Waals surface area contributed by atoms with Gasteiger partial charge in [0.15, 0.2) is 0 Å². The maximum atomic E-state index is 5.43. The van der Waals surface area contributed by atoms with Crippen LogP contribution in [0, 0.1) is 6.92 Å². The van der Waals surface area contributed by atoms with Crippen molar-refractivity contribution in [1.82, 2.24) is 0 Å². The minimum Gasteiger partial charge on any atom is -0.496 e. The predicted octanol–water partition coefficient (Wildman–Crippen LogP) is 3.17. The first-order valence-corrected chi connectivity index (χ1v) is 5.80. The molecule has 2 aromatic carbocycles. The summed E-state index contributed by atoms with van der Waals surface area (Å²) in [5, 5.41) is 1.19. The molecule has 0 saturated heterocycles. The molecule has 0 aliphatic rings. The SMILES string of the molecule is COc1cccc(C)c1-c1ccccc1P. The van der Waals surface area contributed by atoms with Crippen LogP contribution < -0.4 is 10.0 Å². The zero-order valence-electron chi connectivity index (χ0n) is 9.53. The Morgan fingerprint density at radius 3 is 2.44 bits per heavy atom. The molecular weight excluding hydrogens is 215 g/mol. The second kappa shape index (κ2) is 4.67. The number of aryl methyl sites for hydroxylation is 1. The van der Waals surface area contributed by atoms with Gasteiger partial charge in [-0.2, -0.15) is 0 Å². The first kappa shape index (κ1) is 11.2. The van der Waals surface area contributed by atoms with Crippen molar-refractivity contribution in [2.75, 3.05) is 7.11 Å². The van der Waals surface area contributed by atoms with Gasteiger partial charge in [0.2, 0.25) is 0 Å². The summed E-state index contributed by atoms with van der Waals surface area (Å²) >= 11 is 0. The molecule has 0 aromatic heterocycles. The summed E-state index contributed by atoms with van der Waals surface area (Å²) in [5.74, 6) is 0.926. The van der Waals surface area contributed by atoms with E-state index in [1.807, 2.05) is 18.2 Å². The molecule has 0 radical (unpaired) electrons. The quantitative estimate of drug-likeness (QED) is 0.720. The van der Waals surface area contributed by atoms with Crippen LogP contribution in [0.4, 0.5) is 0 Å². The van der Waals surface area contributed by atoms with Gasteiger partial charge in [-0.05, 0) is 29.4 Å². The summed E-state index contributed by atoms with van der Waals surface area (Å²) in [6.45, 7) is 2.11. The van der Waals surface area contributed by atoms with E-state index in [-0.39, 0.29) is 0 Å². The van der Waals surface area contributed by atoms with Gasteiger partial charge in [0, 0.05) is 5.56 Å². The van der Waals surface area contributed by atoms with Gasteiger partial charge in [-0.15, -0.1) is 9.24 Å². The molecule has 0 N–H and O–H groups in total. The van der Waals surface area contributed by atoms with E-state index in [9.17, 15) is 0 Å². The zero-order valence-corrected chi connectivity index (χ0v) is 10.7. The van der Waals surface area contributed by atoms with Crippen molar-refractivity contribution in [3.63, 3.8) is 0 Å². The Morgan fingerprint density at radius 2 is 1.75 bits per heavy atom. The van der Waals surface area contributed by atoms with E-state index < -0.39 is 0 Å². The van der Waals surface area contributed by atoms with Crippen LogP contribution in [0.15, 0.2) is 42.5 Å². The van der Waals surface area contributed by atoms with Gasteiger partial charge in [0.1, 0.15) is 5.75 Å². The number of rotatable bonds is 2. The van der Waals surface area contributed by atoms with Gasteiger partial charge < -0.3 is 4.74 Å². The van der Waals surface area contributed by atoms with Crippen LogP contribution >= 0.6 is 9.24 Å². The van der Waals surface area contributed by atoms with Crippen LogP contribution in [0.25, 0.3) is 11.1 Å². The standard InChI is InChI=1S/C14H15OP/c1-10-6-5-8-12(15-2)14(10)11-7-3-4-9-13(11)16/h3-9H,16H2,1-2H3. The summed E-state index contributed by atoms with van der Waals surface area (Å²) in [4.78, 5) is 0. The summed E-state index contributed by atoms with van der Waals surface area (Å²) in [5.41, 5.74) is 3.62. The van der Waals surface area contributed by atoms with Crippen molar-refractivity contribution in [1.29, 1.82) is 0 Å². The fourth-order valence-corrected chi connectivity index (χ4v) is 2.23. The van der Waals surface area contributed by atoms with Crippen LogP contribution in [0.2, 0.25) is 0 Å². The van der Waals surface area contributed by atoms with E-state index in [0.29, 0.717) is 0 Å². The molecule has 2 rings (SSSR count). The number of methoxy groups -OCH3 is 1. The van der Waals surface area contributed by atoms with Crippen molar-refractivity contribution in [2.24, 2.45) is 0 Å². The number of benzene rings is 2. The topological polar surface area (TPSA) is 9.23 Å². The van der Waals surface area contributed by atoms with E-state index in [2.05, 4.69) is 40.4 Å². The molecule has 0 spiro atoms. The predicted molar refractivity (Wildman–Crippen MR) is 72.5 cm³/mol. The van der Waals surface area contributed by atoms with Crippen molar-refractivity contribution < 1.29 is 4.74 Å². The van der Waals surface area contributed by atoms with Gasteiger partial charge in [-0.25, -0.2) is 0 Å². The van der Waals surface area contributed by atoms with Gasteiger partial charge in [0.25, 0.3) is 0 Å². The molecule has 0 amide bonds. The van der Waals surface area contributed by atoms with Crippen molar-refractivity contribution >= 4 is 14.5 Å². The molecule has 0 aliphatic carbocycles. The Balaban J connectivity index is 2.68. The van der Waals surface area contributed by atoms with Crippen LogP contribution in [0.1, 0.15) is 5.56 Å². The lowest BCUT2D eigenvalue weighted by molar-refractivity contribution is 0.416. The second-order valence-corrected chi connectivity index (χ2v) is 4.36. The minimum absolute atomic E-state index is 0.926. The summed E-state index contributed by atoms with van der Waals surface area (Å²) < 4.78 is 5.43. The van der Waals surface area contributed by atoms with Crippen molar-refractivity contribution in [3.05, 3.63) is 48.0 Å². The highest BCUT2D eigenvalue weighted by Gasteiger charge is 2.10. The minimum atomic E-state index is 0.926. The fourth-order valence-electron chi connectivity index (χ4n) is 1.88. The van der Waals surface area contributed by atoms with Gasteiger partial charge >= 0.3 is 0 Å². The Kier molecular flexibility index (Phi) is 3.26. The molecule has 2 aromatic rings. The lowest BCUT2D eigenvalue weighted by Crippen LogP contribution is -1.99. The average Bonchev–Trinajstić information content (AvgIpc) is 2.30. The van der Waals surface area contributed by atoms with Crippen LogP contribution in [-0.2, 0) is 0 Å². The fraction of sp³-hybridized carbons (Fsp3) is 0.143. The maximum absolute atomic E-state index is 5.43. The molecule has 0 aliphatic heterocycles. The lowest BCUT2D eigenvalue weighted by Gasteiger charge is -2.13. The normalized spacial score (nSPS) is 10.2. The summed E-state index contributed by atoms with van der Waals surface area (Å²) in [7, 11) is 4.48. The monoisotopic (exact) mass is 230 g/mol. The highest BCUT2D eigenvalue weighted by atomic mass is 31.0. The Hall–Kier alpha value is -1.33. The van der Waals surface area contributed by atoms with Crippen molar-refractivity contribution in [3.8, 4) is 16.9 Å². The first-order chi connectivity index (χ1) is 7.74. The van der Waals surface area contributed by atoms with Gasteiger partial charge in [-0.3, -0.25) is 0 Å². The van der Waals surface area contributed by atoms with E-state index >= 15 is 0 Å². The Bertz CT molecular complexity index is 506. The Morgan fingerprint density at radius 1 is 1.00 bits per heavy atom. The maximum Gasteiger partial charge on any atom is 0.126 e. The summed E-state index contributed by atoms with van der Waals surface area (Å²) in [6, 6.07) is 14.4. The lowest BCUT2D eigenvalue weighted by atomic mass is 9.99. The third-order valence-corrected chi connectivity index (χ3v) is 3.19. The van der Waals surface area contributed by atoms with Crippen LogP contribution in [-0.4, -0.2) is 7.11 Å². The molecule has 16 heavy (non-hydrogen) atoms. The molecule has 1 nitrogen and oxygen atoms in total. The van der Waals surface area contributed by atoms with Gasteiger partial charge in [0.05, 0.1) is 7.11 Å². The largest absolute Gasteiger partial charge is 0.496 e. The third kappa shape index (κ3) is 1.96. The molecular formula is C14H15OP. The summed E-state index contributed by atoms with van der Waals surface area (Å²) in [6.07, 6.45) is 0. The van der Waals surface area contributed by atoms with E-state index in [0.717, 1.165) is 5.75 Å². The molecule has 0 fully saturated rings. The molecule has 0 saturated carbocycles. The number of hydrogen-bond donors (Lipinski definition) is 0. The smallest absolute Gasteiger partial charge is 0.126 e. The Labute approximate surface area is 98.7 Å². The number of ether oxygens (including phenoxy) is 1. The second-order valence-electron chi connectivity index (χ2n) is 3.74. The number of hydrogen-bond acceptors (Lipinski definition) is 1. The average molecular weight is 230 g/mol. The highest BCUT2D eigenvalue weighted by molar-refractivity contribution is 7.28. The molecule has 0 heterocycles. The van der Waals surface area contributed by atoms with E-state index in [4.69, 9.17) is 4.74 Å². The van der Waals surface area contributed by atoms with Gasteiger partial charge in [-0.1, -0.05) is 36.4 Å². The van der Waals surface area contributed by atoms with Crippen molar-refractivity contribution in [2.45, 2.75) is 6.92 Å².